The quantitative estimate of drug-likeness (QED) is 0.167. The van der Waals surface area contributed by atoms with Gasteiger partial charge >= 0.3 is 0 Å². The molecule has 0 N–H and O–H groups in total. The molecular weight excluding hydrogens is 641 g/mol. The van der Waals surface area contributed by atoms with Gasteiger partial charge in [0.25, 0.3) is 0 Å². The van der Waals surface area contributed by atoms with Crippen LogP contribution in [0.5, 0.6) is 0 Å². The molecule has 0 aliphatic heterocycles. The zero-order valence-corrected chi connectivity index (χ0v) is 27.4. The lowest BCUT2D eigenvalue weighted by molar-refractivity contribution is 0.669. The van der Waals surface area contributed by atoms with Crippen LogP contribution < -0.4 is 0 Å². The topological polar surface area (TPSA) is 13.1 Å². The Hall–Kier alpha value is -6.96. The van der Waals surface area contributed by atoms with Crippen LogP contribution >= 0.6 is 0 Å². The summed E-state index contributed by atoms with van der Waals surface area (Å²) in [7, 11) is 0. The lowest BCUT2D eigenvalue weighted by atomic mass is 9.85. The fourth-order valence-electron chi connectivity index (χ4n) is 7.13. The number of furan rings is 1. The molecular formula is C52H32O. The summed E-state index contributed by atoms with van der Waals surface area (Å²) in [6.07, 6.45) is 0. The Balaban J connectivity index is 1.20. The van der Waals surface area contributed by atoms with Crippen molar-refractivity contribution in [3.63, 3.8) is 0 Å². The minimum absolute atomic E-state index is 0.0984. The van der Waals surface area contributed by atoms with E-state index in [1.807, 2.05) is 54.6 Å². The van der Waals surface area contributed by atoms with E-state index in [4.69, 9.17) is 16.8 Å². The largest absolute Gasteiger partial charge is 0.456 e. The second kappa shape index (κ2) is 11.8. The van der Waals surface area contributed by atoms with Gasteiger partial charge in [0, 0.05) is 10.8 Å². The van der Waals surface area contributed by atoms with Crippen molar-refractivity contribution in [3.8, 4) is 44.5 Å². The third kappa shape index (κ3) is 4.86. The van der Waals surface area contributed by atoms with Gasteiger partial charge in [0.05, 0.1) is 26.0 Å². The van der Waals surface area contributed by atoms with Crippen molar-refractivity contribution in [1.82, 2.24) is 0 Å². The molecule has 0 bridgehead atoms. The maximum atomic E-state index is 9.76. The normalized spacial score (nSPS) is 16.8. The van der Waals surface area contributed by atoms with Crippen molar-refractivity contribution in [2.45, 2.75) is 0 Å². The van der Waals surface area contributed by atoms with Crippen molar-refractivity contribution < 1.29 is 30.5 Å². The molecule has 11 aromatic rings. The average molecular weight is 692 g/mol. The molecule has 1 nitrogen and oxygen atoms in total. The van der Waals surface area contributed by atoms with Crippen molar-refractivity contribution in [1.29, 1.82) is 0 Å². The van der Waals surface area contributed by atoms with Crippen LogP contribution in [0.25, 0.3) is 110 Å². The van der Waals surface area contributed by atoms with Crippen molar-refractivity contribution in [2.24, 2.45) is 0 Å². The molecule has 0 saturated carbocycles. The molecule has 1 heterocycles. The molecule has 0 amide bonds. The maximum Gasteiger partial charge on any atom is 0.136 e. The molecule has 0 spiro atoms. The van der Waals surface area contributed by atoms with Crippen LogP contribution in [0.4, 0.5) is 0 Å². The highest BCUT2D eigenvalue weighted by Crippen LogP contribution is 2.44. The van der Waals surface area contributed by atoms with Gasteiger partial charge in [-0.15, -0.1) is 0 Å². The smallest absolute Gasteiger partial charge is 0.136 e. The van der Waals surface area contributed by atoms with Gasteiger partial charge in [-0.2, -0.15) is 0 Å². The summed E-state index contributed by atoms with van der Waals surface area (Å²) in [6, 6.07) is 9.79. The van der Waals surface area contributed by atoms with Gasteiger partial charge in [-0.25, -0.2) is 0 Å². The van der Waals surface area contributed by atoms with Gasteiger partial charge in [0.15, 0.2) is 0 Å². The molecule has 53 heavy (non-hydrogen) atoms. The van der Waals surface area contributed by atoms with Crippen LogP contribution in [0, 0.1) is 0 Å². The third-order valence-corrected chi connectivity index (χ3v) is 9.59. The Kier molecular flexibility index (Phi) is 3.69. The van der Waals surface area contributed by atoms with Crippen LogP contribution in [-0.2, 0) is 0 Å². The molecule has 1 heteroatoms. The molecule has 0 saturated heterocycles. The highest BCUT2D eigenvalue weighted by atomic mass is 16.3. The van der Waals surface area contributed by atoms with Crippen LogP contribution in [0.3, 0.4) is 0 Å². The molecule has 0 aliphatic carbocycles. The summed E-state index contributed by atoms with van der Waals surface area (Å²) in [4.78, 5) is 0. The summed E-state index contributed by atoms with van der Waals surface area (Å²) >= 11 is 0. The molecule has 11 rings (SSSR count). The van der Waals surface area contributed by atoms with Crippen molar-refractivity contribution in [3.05, 3.63) is 194 Å². The van der Waals surface area contributed by atoms with Crippen LogP contribution in [0.2, 0.25) is 0 Å². The standard InChI is InChI=1S/C52H32O/c1-2-11-34(12-3-1)51-44-14-6-8-16-46(44)52(47-17-9-7-15-45(47)51)42-23-22-36-29-37(20-21-39(36)30-42)40-25-27-49-48(31-40)43-26-24-41(32-50(43)53-49)38-19-18-33-10-4-5-13-35(33)28-38/h1-32H/i1D,2D,3D,6D,7D,8D,9D,11D,12D,14D,15D,16D,17D,20D,21D,22D,23D,29D,30D. The lowest BCUT2D eigenvalue weighted by Gasteiger charge is -2.18. The van der Waals surface area contributed by atoms with E-state index in [2.05, 4.69) is 6.07 Å². The fraction of sp³-hybridized carbons (Fsp3) is 0. The summed E-state index contributed by atoms with van der Waals surface area (Å²) in [5.41, 5.74) is 0.727. The number of rotatable bonds is 4. The minimum atomic E-state index is -0.869. The predicted molar refractivity (Wildman–Crippen MR) is 225 cm³/mol. The van der Waals surface area contributed by atoms with E-state index < -0.39 is 164 Å². The van der Waals surface area contributed by atoms with E-state index in [-0.39, 0.29) is 10.9 Å². The zero-order chi connectivity index (χ0) is 51.4. The second-order valence-electron chi connectivity index (χ2n) is 12.6. The van der Waals surface area contributed by atoms with Crippen molar-refractivity contribution in [2.75, 3.05) is 0 Å². The van der Waals surface area contributed by atoms with E-state index in [9.17, 15) is 13.7 Å². The molecule has 10 aromatic carbocycles. The zero-order valence-electron chi connectivity index (χ0n) is 46.4. The summed E-state index contributed by atoms with van der Waals surface area (Å²) in [5.74, 6) is 0. The molecule has 246 valence electrons. The highest BCUT2D eigenvalue weighted by molar-refractivity contribution is 6.21. The molecule has 0 unspecified atom stereocenters. The fourth-order valence-corrected chi connectivity index (χ4v) is 7.13. The highest BCUT2D eigenvalue weighted by Gasteiger charge is 2.17. The van der Waals surface area contributed by atoms with E-state index in [1.54, 1.807) is 18.2 Å². The first-order chi connectivity index (χ1) is 34.2. The number of hydrogen-bond acceptors (Lipinski definition) is 1. The second-order valence-corrected chi connectivity index (χ2v) is 12.6. The van der Waals surface area contributed by atoms with Gasteiger partial charge in [-0.3, -0.25) is 0 Å². The van der Waals surface area contributed by atoms with Gasteiger partial charge in [0.2, 0.25) is 0 Å². The monoisotopic (exact) mass is 691 g/mol. The van der Waals surface area contributed by atoms with Gasteiger partial charge in [-0.1, -0.05) is 151 Å². The molecule has 0 aliphatic rings. The van der Waals surface area contributed by atoms with Gasteiger partial charge in [0.1, 0.15) is 11.2 Å². The maximum absolute atomic E-state index is 9.76. The molecule has 0 radical (unpaired) electrons. The van der Waals surface area contributed by atoms with Crippen molar-refractivity contribution >= 4 is 65.0 Å². The SMILES string of the molecule is [2H]c1c([2H])c([2H])c(-c2c3c([2H])c([2H])c([2H])c([2H])c3c(-c3c([2H])c([2H])c4c([2H])c(-c5ccc6oc7cc(-c8ccc9ccccc9c8)ccc7c6c5)c([2H])c([2H])c4c3[2H])c3c([2H])c([2H])c([2H])c([2H])c23)c([2H])c1[2H]. The predicted octanol–water partition coefficient (Wildman–Crippen LogP) is 14.9. The summed E-state index contributed by atoms with van der Waals surface area (Å²) in [5, 5.41) is 0.367. The van der Waals surface area contributed by atoms with Crippen LogP contribution in [0.1, 0.15) is 26.0 Å². The molecule has 0 fully saturated rings. The molecule has 1 aromatic heterocycles. The van der Waals surface area contributed by atoms with E-state index in [0.29, 0.717) is 22.1 Å². The van der Waals surface area contributed by atoms with Crippen LogP contribution in [0.15, 0.2) is 198 Å². The Bertz CT molecular complexity index is 4220. The summed E-state index contributed by atoms with van der Waals surface area (Å²) < 4.78 is 179. The Labute approximate surface area is 333 Å². The van der Waals surface area contributed by atoms with E-state index >= 15 is 0 Å². The third-order valence-electron chi connectivity index (χ3n) is 9.59. The lowest BCUT2D eigenvalue weighted by Crippen LogP contribution is -1.90. The Morgan fingerprint density at radius 3 is 1.62 bits per heavy atom. The minimum Gasteiger partial charge on any atom is -0.456 e. The number of benzene rings is 10. The van der Waals surface area contributed by atoms with Crippen LogP contribution in [-0.4, -0.2) is 0 Å². The number of hydrogen-bond donors (Lipinski definition) is 0. The Morgan fingerprint density at radius 2 is 0.887 bits per heavy atom. The first-order valence-corrected chi connectivity index (χ1v) is 16.7. The van der Waals surface area contributed by atoms with E-state index in [1.165, 1.54) is 0 Å². The first-order valence-electron chi connectivity index (χ1n) is 26.2. The Morgan fingerprint density at radius 1 is 0.321 bits per heavy atom. The van der Waals surface area contributed by atoms with Gasteiger partial charge < -0.3 is 4.42 Å². The molecule has 0 atom stereocenters. The average Bonchev–Trinajstić information content (AvgIpc) is 3.74. The number of fused-ring (bicyclic) bond motifs is 7. The van der Waals surface area contributed by atoms with E-state index in [0.717, 1.165) is 27.3 Å². The first kappa shape index (κ1) is 16.6. The van der Waals surface area contributed by atoms with Gasteiger partial charge in [-0.05, 0) is 130 Å². The summed E-state index contributed by atoms with van der Waals surface area (Å²) in [6.45, 7) is 0.